The summed E-state index contributed by atoms with van der Waals surface area (Å²) in [6.07, 6.45) is 0.908. The highest BCUT2D eigenvalue weighted by molar-refractivity contribution is 7.78. The number of likely N-dealkylation sites (tertiary alicyclic amines) is 1. The lowest BCUT2D eigenvalue weighted by Crippen LogP contribution is -2.32. The minimum Gasteiger partial charge on any atom is -0.371 e. The summed E-state index contributed by atoms with van der Waals surface area (Å²) < 4.78 is 6.55. The van der Waals surface area contributed by atoms with Crippen LogP contribution < -0.4 is 5.32 Å². The van der Waals surface area contributed by atoms with Crippen LogP contribution >= 0.6 is 12.2 Å². The average molecular weight is 418 g/mol. The second kappa shape index (κ2) is 8.79. The third-order valence-corrected chi connectivity index (χ3v) is 4.74. The summed E-state index contributed by atoms with van der Waals surface area (Å²) in [4.78, 5) is 11.4. The van der Waals surface area contributed by atoms with E-state index in [-0.39, 0.29) is 11.5 Å². The Morgan fingerprint density at radius 1 is 1.38 bits per heavy atom. The number of isothiocyanates is 1. The summed E-state index contributed by atoms with van der Waals surface area (Å²) in [5.41, 5.74) is 2.20. The van der Waals surface area contributed by atoms with E-state index in [4.69, 9.17) is 21.8 Å². The number of nitrogens with zero attached hydrogens (tertiary/aromatic N) is 8. The molecule has 10 nitrogen and oxygen atoms in total. The Bertz CT molecular complexity index is 920. The van der Waals surface area contributed by atoms with Gasteiger partial charge >= 0.3 is 0 Å². The van der Waals surface area contributed by atoms with Crippen LogP contribution in [-0.2, 0) is 6.54 Å². The van der Waals surface area contributed by atoms with Gasteiger partial charge in [0.25, 0.3) is 0 Å². The molecule has 0 radical (unpaired) electrons. The Hall–Kier alpha value is -2.65. The first-order chi connectivity index (χ1) is 13.8. The highest BCUT2D eigenvalue weighted by Gasteiger charge is 2.30. The molecular weight excluding hydrogens is 390 g/mol. The van der Waals surface area contributed by atoms with Crippen molar-refractivity contribution in [2.24, 2.45) is 15.4 Å². The maximum atomic E-state index is 4.93. The van der Waals surface area contributed by atoms with Crippen molar-refractivity contribution in [2.75, 3.05) is 32.0 Å². The quantitative estimate of drug-likeness (QED) is 0.432. The molecular formula is C18H27N9OS. The maximum Gasteiger partial charge on any atom is 0.171 e. The number of aromatic nitrogens is 5. The van der Waals surface area contributed by atoms with Crippen molar-refractivity contribution in [3.63, 3.8) is 0 Å². The Labute approximate surface area is 175 Å². The fraction of sp³-hybridized carbons (Fsp3) is 0.667. The van der Waals surface area contributed by atoms with E-state index < -0.39 is 0 Å². The maximum absolute atomic E-state index is 4.93. The molecule has 156 valence electrons. The first kappa shape index (κ1) is 21.1. The van der Waals surface area contributed by atoms with Crippen molar-refractivity contribution in [3.8, 4) is 0 Å². The summed E-state index contributed by atoms with van der Waals surface area (Å²) in [7, 11) is 1.84. The average Bonchev–Trinajstić information content (AvgIpc) is 3.37. The van der Waals surface area contributed by atoms with Crippen molar-refractivity contribution in [1.29, 1.82) is 0 Å². The molecule has 0 spiro atoms. The zero-order valence-corrected chi connectivity index (χ0v) is 18.3. The van der Waals surface area contributed by atoms with Gasteiger partial charge in [-0.3, -0.25) is 4.99 Å². The predicted molar refractivity (Wildman–Crippen MR) is 114 cm³/mol. The van der Waals surface area contributed by atoms with Crippen molar-refractivity contribution in [3.05, 3.63) is 17.1 Å². The molecule has 1 aliphatic heterocycles. The van der Waals surface area contributed by atoms with E-state index in [1.807, 2.05) is 14.0 Å². The SMILES string of the molecule is CNc1c(/C(=N\CC(C)(C)C)N2CCC(N=C=S)C2)nnn1Cc1nonc1C. The fourth-order valence-electron chi connectivity index (χ4n) is 3.11. The van der Waals surface area contributed by atoms with E-state index in [2.05, 4.69) is 61.8 Å². The van der Waals surface area contributed by atoms with E-state index in [1.54, 1.807) is 4.68 Å². The van der Waals surface area contributed by atoms with Gasteiger partial charge in [-0.05, 0) is 31.0 Å². The van der Waals surface area contributed by atoms with Crippen LogP contribution in [0.3, 0.4) is 0 Å². The Balaban J connectivity index is 1.95. The number of amidine groups is 1. The topological polar surface area (TPSA) is 110 Å². The molecule has 11 heteroatoms. The van der Waals surface area contributed by atoms with E-state index in [0.29, 0.717) is 24.5 Å². The number of rotatable bonds is 6. The van der Waals surface area contributed by atoms with Gasteiger partial charge in [-0.15, -0.1) is 5.10 Å². The van der Waals surface area contributed by atoms with E-state index >= 15 is 0 Å². The summed E-state index contributed by atoms with van der Waals surface area (Å²) >= 11 is 4.77. The van der Waals surface area contributed by atoms with Gasteiger partial charge in [-0.25, -0.2) is 14.3 Å². The molecule has 29 heavy (non-hydrogen) atoms. The molecule has 1 saturated heterocycles. The molecule has 1 fully saturated rings. The van der Waals surface area contributed by atoms with Crippen molar-refractivity contribution >= 4 is 29.0 Å². The standard InChI is InChI=1S/C18H27N9OS/c1-12-14(24-28-23-12)9-27-16(19-5)15(22-25-27)17(20-10-18(2,3)4)26-7-6-13(8-26)21-11-29/h13,19H,6-10H2,1-5H3/b20-17+. The lowest BCUT2D eigenvalue weighted by atomic mass is 9.97. The lowest BCUT2D eigenvalue weighted by Gasteiger charge is -2.22. The molecule has 3 rings (SSSR count). The molecule has 2 aromatic heterocycles. The minimum atomic E-state index is 0.0518. The van der Waals surface area contributed by atoms with Gasteiger partial charge in [-0.1, -0.05) is 36.3 Å². The van der Waals surface area contributed by atoms with Gasteiger partial charge in [0.15, 0.2) is 17.3 Å². The minimum absolute atomic E-state index is 0.0518. The second-order valence-electron chi connectivity index (χ2n) is 8.30. The molecule has 0 aromatic carbocycles. The van der Waals surface area contributed by atoms with Crippen LogP contribution in [0.2, 0.25) is 0 Å². The number of aliphatic imine (C=N–C) groups is 2. The summed E-state index contributed by atoms with van der Waals surface area (Å²) in [6, 6.07) is 0.129. The predicted octanol–water partition coefficient (Wildman–Crippen LogP) is 2.03. The number of thiocarbonyl (C=S) groups is 1. The number of hydrogen-bond acceptors (Lipinski definition) is 9. The molecule has 0 aliphatic carbocycles. The Morgan fingerprint density at radius 3 is 2.79 bits per heavy atom. The number of hydrogen-bond donors (Lipinski definition) is 1. The fourth-order valence-corrected chi connectivity index (χ4v) is 3.26. The monoisotopic (exact) mass is 417 g/mol. The largest absolute Gasteiger partial charge is 0.371 e. The Morgan fingerprint density at radius 2 is 2.17 bits per heavy atom. The summed E-state index contributed by atoms with van der Waals surface area (Å²) in [5.74, 6) is 1.58. The van der Waals surface area contributed by atoms with Crippen LogP contribution in [0.25, 0.3) is 0 Å². The smallest absolute Gasteiger partial charge is 0.171 e. The first-order valence-corrected chi connectivity index (χ1v) is 9.99. The van der Waals surface area contributed by atoms with Crippen molar-refractivity contribution in [1.82, 2.24) is 30.2 Å². The van der Waals surface area contributed by atoms with Crippen LogP contribution in [0.1, 0.15) is 44.3 Å². The number of anilines is 1. The van der Waals surface area contributed by atoms with Crippen LogP contribution in [0.15, 0.2) is 14.6 Å². The molecule has 2 aromatic rings. The first-order valence-electron chi connectivity index (χ1n) is 9.58. The number of nitrogens with one attached hydrogen (secondary N) is 1. The molecule has 3 heterocycles. The molecule has 0 amide bonds. The molecule has 1 unspecified atom stereocenters. The summed E-state index contributed by atoms with van der Waals surface area (Å²) in [5, 5.41) is 22.3. The van der Waals surface area contributed by atoms with Gasteiger partial charge in [0.05, 0.1) is 17.7 Å². The van der Waals surface area contributed by atoms with Gasteiger partial charge in [0.2, 0.25) is 0 Å². The van der Waals surface area contributed by atoms with E-state index in [1.165, 1.54) is 0 Å². The zero-order chi connectivity index (χ0) is 21.0. The molecule has 0 bridgehead atoms. The highest BCUT2D eigenvalue weighted by Crippen LogP contribution is 2.23. The molecule has 0 saturated carbocycles. The van der Waals surface area contributed by atoms with Gasteiger partial charge in [0.1, 0.15) is 11.4 Å². The third-order valence-electron chi connectivity index (χ3n) is 4.63. The number of aryl methyl sites for hydroxylation is 1. The van der Waals surface area contributed by atoms with Gasteiger partial charge in [-0.2, -0.15) is 0 Å². The normalized spacial score (nSPS) is 17.5. The van der Waals surface area contributed by atoms with E-state index in [9.17, 15) is 0 Å². The van der Waals surface area contributed by atoms with Crippen LogP contribution in [0, 0.1) is 12.3 Å². The molecule has 1 aliphatic rings. The van der Waals surface area contributed by atoms with Gasteiger partial charge in [0, 0.05) is 26.7 Å². The second-order valence-corrected chi connectivity index (χ2v) is 8.48. The lowest BCUT2D eigenvalue weighted by molar-refractivity contribution is 0.300. The van der Waals surface area contributed by atoms with Crippen molar-refractivity contribution < 1.29 is 4.63 Å². The highest BCUT2D eigenvalue weighted by atomic mass is 32.1. The molecule has 1 atom stereocenters. The summed E-state index contributed by atoms with van der Waals surface area (Å²) in [6.45, 7) is 11.0. The Kier molecular flexibility index (Phi) is 6.39. The van der Waals surface area contributed by atoms with Crippen LogP contribution in [-0.4, -0.2) is 73.9 Å². The molecule has 1 N–H and O–H groups in total. The van der Waals surface area contributed by atoms with Crippen LogP contribution in [0.5, 0.6) is 0 Å². The van der Waals surface area contributed by atoms with E-state index in [0.717, 1.165) is 36.9 Å². The zero-order valence-electron chi connectivity index (χ0n) is 17.5. The third kappa shape index (κ3) is 5.04. The van der Waals surface area contributed by atoms with Gasteiger partial charge < -0.3 is 10.2 Å². The van der Waals surface area contributed by atoms with Crippen molar-refractivity contribution in [2.45, 2.75) is 46.7 Å². The van der Waals surface area contributed by atoms with Crippen LogP contribution in [0.4, 0.5) is 5.82 Å².